The van der Waals surface area contributed by atoms with Gasteiger partial charge in [0.15, 0.2) is 0 Å². The Morgan fingerprint density at radius 1 is 1.37 bits per heavy atom. The van der Waals surface area contributed by atoms with Crippen molar-refractivity contribution in [3.8, 4) is 5.75 Å². The minimum atomic E-state index is -0.267. The Hall–Kier alpha value is -1.55. The summed E-state index contributed by atoms with van der Waals surface area (Å²) in [6.45, 7) is 5.73. The van der Waals surface area contributed by atoms with Gasteiger partial charge in [0.05, 0.1) is 6.04 Å². The van der Waals surface area contributed by atoms with Gasteiger partial charge in [-0.25, -0.2) is 0 Å². The molecule has 0 aromatic heterocycles. The summed E-state index contributed by atoms with van der Waals surface area (Å²) < 4.78 is 0. The summed E-state index contributed by atoms with van der Waals surface area (Å²) >= 11 is 0. The molecule has 1 aromatic carbocycles. The SMILES string of the molecule is Cc1ccc(C(C)NC(C)C(=O)NC2CC2)c(O)c1. The number of carbonyl (C=O) groups is 1. The molecule has 0 radical (unpaired) electrons. The highest BCUT2D eigenvalue weighted by molar-refractivity contribution is 5.81. The van der Waals surface area contributed by atoms with Gasteiger partial charge in [-0.1, -0.05) is 12.1 Å². The molecule has 2 rings (SSSR count). The molecule has 4 nitrogen and oxygen atoms in total. The van der Waals surface area contributed by atoms with Crippen LogP contribution in [0.3, 0.4) is 0 Å². The fraction of sp³-hybridized carbons (Fsp3) is 0.533. The van der Waals surface area contributed by atoms with E-state index in [9.17, 15) is 9.90 Å². The van der Waals surface area contributed by atoms with Crippen LogP contribution >= 0.6 is 0 Å². The van der Waals surface area contributed by atoms with Gasteiger partial charge >= 0.3 is 0 Å². The van der Waals surface area contributed by atoms with Crippen molar-refractivity contribution < 1.29 is 9.90 Å². The molecule has 1 saturated carbocycles. The van der Waals surface area contributed by atoms with E-state index in [2.05, 4.69) is 10.6 Å². The highest BCUT2D eigenvalue weighted by atomic mass is 16.3. The van der Waals surface area contributed by atoms with E-state index >= 15 is 0 Å². The first-order valence-electron chi connectivity index (χ1n) is 6.83. The lowest BCUT2D eigenvalue weighted by Crippen LogP contribution is -2.43. The molecule has 0 bridgehead atoms. The van der Waals surface area contributed by atoms with Crippen LogP contribution in [0.5, 0.6) is 5.75 Å². The number of aromatic hydroxyl groups is 1. The molecule has 1 aromatic rings. The molecule has 4 heteroatoms. The van der Waals surface area contributed by atoms with Crippen LogP contribution in [-0.2, 0) is 4.79 Å². The van der Waals surface area contributed by atoms with Crippen molar-refractivity contribution in [2.24, 2.45) is 0 Å². The van der Waals surface area contributed by atoms with E-state index in [1.54, 1.807) is 6.07 Å². The van der Waals surface area contributed by atoms with Crippen molar-refractivity contribution in [2.75, 3.05) is 0 Å². The molecular formula is C15H22N2O2. The van der Waals surface area contributed by atoms with Crippen LogP contribution in [0.25, 0.3) is 0 Å². The molecule has 19 heavy (non-hydrogen) atoms. The zero-order chi connectivity index (χ0) is 14.0. The first-order chi connectivity index (χ1) is 8.97. The average Bonchev–Trinajstić information content (AvgIpc) is 3.12. The molecule has 3 N–H and O–H groups in total. The lowest BCUT2D eigenvalue weighted by molar-refractivity contribution is -0.123. The Bertz CT molecular complexity index is 469. The van der Waals surface area contributed by atoms with Crippen molar-refractivity contribution in [3.63, 3.8) is 0 Å². The summed E-state index contributed by atoms with van der Waals surface area (Å²) in [6, 6.07) is 5.63. The standard InChI is InChI=1S/C15H22N2O2/c1-9-4-7-13(14(18)8-9)10(2)16-11(3)15(19)17-12-5-6-12/h4,7-8,10-12,16,18H,5-6H2,1-3H3,(H,17,19). The van der Waals surface area contributed by atoms with Crippen molar-refractivity contribution in [2.45, 2.75) is 51.7 Å². The second-order valence-electron chi connectivity index (χ2n) is 5.46. The molecule has 0 aliphatic heterocycles. The summed E-state index contributed by atoms with van der Waals surface area (Å²) in [5, 5.41) is 16.1. The molecule has 2 unspecified atom stereocenters. The Labute approximate surface area is 114 Å². The number of nitrogens with one attached hydrogen (secondary N) is 2. The van der Waals surface area contributed by atoms with Crippen LogP contribution in [0.2, 0.25) is 0 Å². The molecule has 0 heterocycles. The van der Waals surface area contributed by atoms with Gasteiger partial charge in [-0.3, -0.25) is 10.1 Å². The van der Waals surface area contributed by atoms with Crippen molar-refractivity contribution in [3.05, 3.63) is 29.3 Å². The number of aryl methyl sites for hydroxylation is 1. The van der Waals surface area contributed by atoms with Crippen LogP contribution in [0.15, 0.2) is 18.2 Å². The van der Waals surface area contributed by atoms with Crippen molar-refractivity contribution in [1.29, 1.82) is 0 Å². The Balaban J connectivity index is 1.95. The maximum atomic E-state index is 11.9. The lowest BCUT2D eigenvalue weighted by atomic mass is 10.0. The molecule has 0 saturated heterocycles. The van der Waals surface area contributed by atoms with E-state index in [-0.39, 0.29) is 23.7 Å². The highest BCUT2D eigenvalue weighted by Gasteiger charge is 2.26. The molecule has 0 spiro atoms. The third-order valence-electron chi connectivity index (χ3n) is 3.47. The predicted octanol–water partition coefficient (Wildman–Crippen LogP) is 2.02. The van der Waals surface area contributed by atoms with Gasteiger partial charge in [-0.15, -0.1) is 0 Å². The fourth-order valence-electron chi connectivity index (χ4n) is 2.11. The molecule has 1 aliphatic carbocycles. The Morgan fingerprint density at radius 3 is 2.63 bits per heavy atom. The van der Waals surface area contributed by atoms with Gasteiger partial charge < -0.3 is 10.4 Å². The first kappa shape index (κ1) is 13.9. The van der Waals surface area contributed by atoms with Gasteiger partial charge in [0.2, 0.25) is 5.91 Å². The van der Waals surface area contributed by atoms with Gasteiger partial charge in [0, 0.05) is 17.6 Å². The summed E-state index contributed by atoms with van der Waals surface area (Å²) in [4.78, 5) is 11.9. The third-order valence-corrected chi connectivity index (χ3v) is 3.47. The second kappa shape index (κ2) is 5.61. The van der Waals surface area contributed by atoms with Gasteiger partial charge in [0.1, 0.15) is 5.75 Å². The topological polar surface area (TPSA) is 61.4 Å². The van der Waals surface area contributed by atoms with E-state index in [1.807, 2.05) is 32.9 Å². The molecule has 104 valence electrons. The normalized spacial score (nSPS) is 17.8. The van der Waals surface area contributed by atoms with E-state index in [0.29, 0.717) is 6.04 Å². The monoisotopic (exact) mass is 262 g/mol. The Kier molecular flexibility index (Phi) is 4.10. The number of benzene rings is 1. The van der Waals surface area contributed by atoms with Crippen LogP contribution in [-0.4, -0.2) is 23.1 Å². The van der Waals surface area contributed by atoms with Gasteiger partial charge in [0.25, 0.3) is 0 Å². The van der Waals surface area contributed by atoms with Crippen molar-refractivity contribution in [1.82, 2.24) is 10.6 Å². The largest absolute Gasteiger partial charge is 0.508 e. The summed E-state index contributed by atoms with van der Waals surface area (Å²) in [5.74, 6) is 0.302. The maximum Gasteiger partial charge on any atom is 0.237 e. The van der Waals surface area contributed by atoms with Crippen LogP contribution in [0.1, 0.15) is 43.9 Å². The number of hydrogen-bond donors (Lipinski definition) is 3. The minimum absolute atomic E-state index is 0.0287. The molecular weight excluding hydrogens is 240 g/mol. The molecule has 1 fully saturated rings. The predicted molar refractivity (Wildman–Crippen MR) is 75.0 cm³/mol. The van der Waals surface area contributed by atoms with E-state index in [0.717, 1.165) is 24.0 Å². The van der Waals surface area contributed by atoms with Crippen molar-refractivity contribution >= 4 is 5.91 Å². The minimum Gasteiger partial charge on any atom is -0.508 e. The number of rotatable bonds is 5. The van der Waals surface area contributed by atoms with Crippen LogP contribution < -0.4 is 10.6 Å². The Morgan fingerprint density at radius 2 is 2.05 bits per heavy atom. The fourth-order valence-corrected chi connectivity index (χ4v) is 2.11. The third kappa shape index (κ3) is 3.70. The number of phenols is 1. The highest BCUT2D eigenvalue weighted by Crippen LogP contribution is 2.25. The number of amides is 1. The van der Waals surface area contributed by atoms with Crippen LogP contribution in [0, 0.1) is 6.92 Å². The molecule has 1 amide bonds. The number of hydrogen-bond acceptors (Lipinski definition) is 3. The van der Waals surface area contributed by atoms with Crippen LogP contribution in [0.4, 0.5) is 0 Å². The number of phenolic OH excluding ortho intramolecular Hbond substituents is 1. The summed E-state index contributed by atoms with van der Waals surface area (Å²) in [5.41, 5.74) is 1.84. The first-order valence-corrected chi connectivity index (χ1v) is 6.83. The smallest absolute Gasteiger partial charge is 0.237 e. The van der Waals surface area contributed by atoms with E-state index in [1.165, 1.54) is 0 Å². The maximum absolute atomic E-state index is 11.9. The zero-order valence-corrected chi connectivity index (χ0v) is 11.7. The van der Waals surface area contributed by atoms with E-state index < -0.39 is 0 Å². The van der Waals surface area contributed by atoms with Gasteiger partial charge in [-0.2, -0.15) is 0 Å². The second-order valence-corrected chi connectivity index (χ2v) is 5.46. The molecule has 2 atom stereocenters. The lowest BCUT2D eigenvalue weighted by Gasteiger charge is -2.21. The zero-order valence-electron chi connectivity index (χ0n) is 11.7. The average molecular weight is 262 g/mol. The molecule has 1 aliphatic rings. The quantitative estimate of drug-likeness (QED) is 0.761. The summed E-state index contributed by atoms with van der Waals surface area (Å²) in [7, 11) is 0. The van der Waals surface area contributed by atoms with Gasteiger partial charge in [-0.05, 0) is 45.2 Å². The van der Waals surface area contributed by atoms with E-state index in [4.69, 9.17) is 0 Å². The number of carbonyl (C=O) groups excluding carboxylic acids is 1. The summed E-state index contributed by atoms with van der Waals surface area (Å²) in [6.07, 6.45) is 2.18.